The normalized spacial score (nSPS) is 32.3. The lowest BCUT2D eigenvalue weighted by molar-refractivity contribution is -0.173. The second kappa shape index (κ2) is 12.5. The molecule has 0 radical (unpaired) electrons. The SMILES string of the molecule is CN(C)CCCCC(C(=O)OC(=O)[C@@H]1N2C(=O)[C@@H](NC(=O)C3CCCC4CCCCC43)[C@H]2SC1(C)C)N(C)C. The number of likely N-dealkylation sites (N-methyl/N-ethyl adjacent to an activating group) is 1. The number of thioether (sulfide) groups is 1. The highest BCUT2D eigenvalue weighted by Crippen LogP contribution is 2.51. The van der Waals surface area contributed by atoms with Gasteiger partial charge in [0.1, 0.15) is 23.5 Å². The van der Waals surface area contributed by atoms with Crippen molar-refractivity contribution < 1.29 is 23.9 Å². The van der Waals surface area contributed by atoms with E-state index in [-0.39, 0.29) is 23.1 Å². The van der Waals surface area contributed by atoms with Crippen molar-refractivity contribution in [2.45, 2.75) is 106 Å². The molecule has 2 aliphatic carbocycles. The third-order valence-electron chi connectivity index (χ3n) is 9.30. The fourth-order valence-corrected chi connectivity index (χ4v) is 8.85. The molecule has 1 N–H and O–H groups in total. The second-order valence-electron chi connectivity index (χ2n) is 13.0. The number of carbonyl (C=O) groups is 4. The first-order chi connectivity index (χ1) is 18.4. The molecule has 0 bridgehead atoms. The Morgan fingerprint density at radius 2 is 1.74 bits per heavy atom. The third-order valence-corrected chi connectivity index (χ3v) is 10.9. The van der Waals surface area contributed by atoms with E-state index in [9.17, 15) is 19.2 Å². The molecule has 2 aliphatic heterocycles. The van der Waals surface area contributed by atoms with Crippen LogP contribution in [0.25, 0.3) is 0 Å². The Morgan fingerprint density at radius 3 is 2.44 bits per heavy atom. The molecule has 4 aliphatic rings. The van der Waals surface area contributed by atoms with Gasteiger partial charge in [0.25, 0.3) is 0 Å². The van der Waals surface area contributed by atoms with Gasteiger partial charge in [-0.25, -0.2) is 9.59 Å². The average molecular weight is 565 g/mol. The van der Waals surface area contributed by atoms with Gasteiger partial charge in [-0.3, -0.25) is 14.5 Å². The van der Waals surface area contributed by atoms with Crippen molar-refractivity contribution in [1.29, 1.82) is 0 Å². The van der Waals surface area contributed by atoms with Crippen molar-refractivity contribution in [2.75, 3.05) is 34.7 Å². The van der Waals surface area contributed by atoms with Crippen molar-refractivity contribution in [3.05, 3.63) is 0 Å². The van der Waals surface area contributed by atoms with Crippen LogP contribution in [0.2, 0.25) is 0 Å². The summed E-state index contributed by atoms with van der Waals surface area (Å²) < 4.78 is 4.78. The molecule has 39 heavy (non-hydrogen) atoms. The lowest BCUT2D eigenvalue weighted by Gasteiger charge is -2.45. The molecule has 2 saturated carbocycles. The van der Waals surface area contributed by atoms with E-state index in [0.717, 1.165) is 38.6 Å². The first-order valence-corrected chi connectivity index (χ1v) is 15.7. The minimum Gasteiger partial charge on any atom is -0.390 e. The van der Waals surface area contributed by atoms with Gasteiger partial charge >= 0.3 is 11.9 Å². The number of β-lactam (4-membered cyclic amide) rings is 1. The summed E-state index contributed by atoms with van der Waals surface area (Å²) in [5.41, 5.74) is 0. The summed E-state index contributed by atoms with van der Waals surface area (Å²) in [6.45, 7) is 4.73. The number of nitrogens with zero attached hydrogens (tertiary/aromatic N) is 3. The van der Waals surface area contributed by atoms with Gasteiger partial charge < -0.3 is 19.9 Å². The number of amides is 2. The van der Waals surface area contributed by atoms with Crippen LogP contribution in [0.4, 0.5) is 0 Å². The van der Waals surface area contributed by atoms with Crippen LogP contribution in [0, 0.1) is 17.8 Å². The van der Waals surface area contributed by atoms with Crippen LogP contribution in [0.3, 0.4) is 0 Å². The van der Waals surface area contributed by atoms with Crippen LogP contribution in [-0.4, -0.2) is 101 Å². The van der Waals surface area contributed by atoms with E-state index in [0.29, 0.717) is 18.3 Å². The van der Waals surface area contributed by atoms with Crippen molar-refractivity contribution in [2.24, 2.45) is 17.8 Å². The van der Waals surface area contributed by atoms with E-state index in [1.54, 1.807) is 4.90 Å². The number of hydrogen-bond donors (Lipinski definition) is 1. The summed E-state index contributed by atoms with van der Waals surface area (Å²) in [7, 11) is 7.64. The van der Waals surface area contributed by atoms with Crippen molar-refractivity contribution in [3.63, 3.8) is 0 Å². The number of carbonyl (C=O) groups excluding carboxylic acids is 4. The van der Waals surface area contributed by atoms with E-state index < -0.39 is 34.8 Å². The molecule has 0 aromatic rings. The molecule has 2 saturated heterocycles. The first-order valence-electron chi connectivity index (χ1n) is 14.8. The number of ether oxygens (including phenoxy) is 1. The van der Waals surface area contributed by atoms with Crippen LogP contribution < -0.4 is 5.32 Å². The molecule has 2 heterocycles. The van der Waals surface area contributed by atoms with E-state index in [4.69, 9.17) is 4.74 Å². The molecule has 10 heteroatoms. The van der Waals surface area contributed by atoms with Gasteiger partial charge in [-0.15, -0.1) is 11.8 Å². The highest BCUT2D eigenvalue weighted by molar-refractivity contribution is 8.01. The van der Waals surface area contributed by atoms with Gasteiger partial charge in [0.15, 0.2) is 0 Å². The summed E-state index contributed by atoms with van der Waals surface area (Å²) in [6.07, 6.45) is 10.3. The quantitative estimate of drug-likeness (QED) is 0.187. The maximum Gasteiger partial charge on any atom is 0.338 e. The summed E-state index contributed by atoms with van der Waals surface area (Å²) in [6, 6.07) is -2.03. The Morgan fingerprint density at radius 1 is 1.05 bits per heavy atom. The topological polar surface area (TPSA) is 99.3 Å². The maximum absolute atomic E-state index is 13.4. The average Bonchev–Trinajstić information content (AvgIpc) is 3.13. The van der Waals surface area contributed by atoms with E-state index in [1.807, 2.05) is 42.0 Å². The number of esters is 2. The molecule has 0 aromatic heterocycles. The number of rotatable bonds is 10. The Labute approximate surface area is 238 Å². The molecule has 0 aromatic carbocycles. The van der Waals surface area contributed by atoms with Gasteiger partial charge in [0.2, 0.25) is 11.8 Å². The largest absolute Gasteiger partial charge is 0.390 e. The van der Waals surface area contributed by atoms with Gasteiger partial charge in [-0.2, -0.15) is 0 Å². The van der Waals surface area contributed by atoms with Crippen LogP contribution >= 0.6 is 11.8 Å². The van der Waals surface area contributed by atoms with E-state index in [1.165, 1.54) is 42.3 Å². The van der Waals surface area contributed by atoms with Crippen molar-refractivity contribution >= 4 is 35.5 Å². The number of hydrogen-bond acceptors (Lipinski definition) is 8. The standard InChI is InChI=1S/C29H48N4O5S/c1-29(2)23(28(37)38-27(36)21(32(5)6)16-9-10-17-31(3)4)33-25(35)22(26(33)39-29)30-24(34)20-15-11-13-18-12-7-8-14-19(18)20/h18-23,26H,7-17H2,1-6H3,(H,30,34)/t18?,19?,20?,21?,22-,23+,26-/m1/s1. The summed E-state index contributed by atoms with van der Waals surface area (Å²) in [4.78, 5) is 58.4. The molecule has 2 amide bonds. The van der Waals surface area contributed by atoms with Crippen LogP contribution in [0.15, 0.2) is 0 Å². The predicted molar refractivity (Wildman–Crippen MR) is 152 cm³/mol. The van der Waals surface area contributed by atoms with Gasteiger partial charge in [0.05, 0.1) is 0 Å². The monoisotopic (exact) mass is 564 g/mol. The molecule has 4 fully saturated rings. The minimum absolute atomic E-state index is 0.00713. The zero-order valence-corrected chi connectivity index (χ0v) is 25.4. The number of unbranched alkanes of at least 4 members (excludes halogenated alkanes) is 1. The van der Waals surface area contributed by atoms with E-state index in [2.05, 4.69) is 10.2 Å². The smallest absolute Gasteiger partial charge is 0.338 e. The van der Waals surface area contributed by atoms with Crippen molar-refractivity contribution in [3.8, 4) is 0 Å². The maximum atomic E-state index is 13.4. The highest BCUT2D eigenvalue weighted by atomic mass is 32.2. The van der Waals surface area contributed by atoms with Gasteiger partial charge in [0, 0.05) is 10.7 Å². The van der Waals surface area contributed by atoms with Gasteiger partial charge in [-0.1, -0.05) is 38.5 Å². The van der Waals surface area contributed by atoms with Crippen LogP contribution in [0.5, 0.6) is 0 Å². The third kappa shape index (κ3) is 6.48. The van der Waals surface area contributed by atoms with Crippen LogP contribution in [0.1, 0.15) is 78.1 Å². The summed E-state index contributed by atoms with van der Waals surface area (Å²) in [5.74, 6) is -0.492. The number of fused-ring (bicyclic) bond motifs is 2. The summed E-state index contributed by atoms with van der Waals surface area (Å²) in [5, 5.41) is 2.74. The lowest BCUT2D eigenvalue weighted by atomic mass is 9.65. The molecule has 0 spiro atoms. The Bertz CT molecular complexity index is 939. The molecule has 4 rings (SSSR count). The fourth-order valence-electron chi connectivity index (χ4n) is 7.23. The number of nitrogens with one attached hydrogen (secondary N) is 1. The minimum atomic E-state index is -0.869. The predicted octanol–water partition coefficient (Wildman–Crippen LogP) is 2.87. The fraction of sp³-hybridized carbons (Fsp3) is 0.862. The van der Waals surface area contributed by atoms with Crippen molar-refractivity contribution in [1.82, 2.24) is 20.0 Å². The molecular weight excluding hydrogens is 516 g/mol. The highest BCUT2D eigenvalue weighted by Gasteiger charge is 2.65. The molecular formula is C29H48N4O5S. The zero-order chi connectivity index (χ0) is 28.5. The Kier molecular flexibility index (Phi) is 9.69. The molecule has 9 nitrogen and oxygen atoms in total. The van der Waals surface area contributed by atoms with Crippen LogP contribution in [-0.2, 0) is 23.9 Å². The molecule has 220 valence electrons. The lowest BCUT2D eigenvalue weighted by Crippen LogP contribution is -2.71. The van der Waals surface area contributed by atoms with E-state index >= 15 is 0 Å². The first kappa shape index (κ1) is 30.3. The molecule has 7 atom stereocenters. The summed E-state index contributed by atoms with van der Waals surface area (Å²) >= 11 is 1.50. The Balaban J connectivity index is 1.36. The Hall–Kier alpha value is -1.65. The second-order valence-corrected chi connectivity index (χ2v) is 14.8. The molecule has 4 unspecified atom stereocenters. The zero-order valence-electron chi connectivity index (χ0n) is 24.6. The van der Waals surface area contributed by atoms with Gasteiger partial charge in [-0.05, 0) is 86.1 Å².